The maximum atomic E-state index is 12.9. The molecule has 2 aromatic carbocycles. The molecule has 19 heteroatoms. The van der Waals surface area contributed by atoms with E-state index in [1.54, 1.807) is 52.8 Å². The SMILES string of the molecule is COC(=O)[C@H](CNC(=O)OC(C)(C)C)NC(=O)c1sc(C(=O)NCc2cccc3c2CC(=O)N3)cc1C.Cc1cc(C(=O)NCc2cccc3c2CC(=O)N3)sc1C(=O)O. The lowest BCUT2D eigenvalue weighted by molar-refractivity contribution is -0.142. The number of carboxylic acids is 1. The molecule has 7 N–H and O–H groups in total. The molecule has 6 amide bonds. The van der Waals surface area contributed by atoms with Gasteiger partial charge in [-0.3, -0.25) is 24.0 Å². The molecule has 0 fully saturated rings. The van der Waals surface area contributed by atoms with Gasteiger partial charge in [0.2, 0.25) is 11.8 Å². The Balaban J connectivity index is 0.000000253. The van der Waals surface area contributed by atoms with Crippen LogP contribution in [0, 0.1) is 13.8 Å². The molecule has 0 spiro atoms. The third-order valence-corrected chi connectivity index (χ3v) is 11.4. The maximum absolute atomic E-state index is 12.9. The molecule has 4 heterocycles. The highest BCUT2D eigenvalue weighted by Crippen LogP contribution is 2.28. The number of carboxylic acid groups (broad SMARTS) is 1. The Labute approximate surface area is 352 Å². The minimum absolute atomic E-state index is 0.0567. The number of rotatable bonds is 12. The zero-order valence-corrected chi connectivity index (χ0v) is 35.2. The Bertz CT molecular complexity index is 2380. The fourth-order valence-corrected chi connectivity index (χ4v) is 8.09. The number of methoxy groups -OCH3 is 1. The topological polar surface area (TPSA) is 247 Å². The number of fused-ring (bicyclic) bond motifs is 2. The number of hydrogen-bond donors (Lipinski definition) is 7. The summed E-state index contributed by atoms with van der Waals surface area (Å²) in [6, 6.07) is 13.0. The van der Waals surface area contributed by atoms with Gasteiger partial charge in [0.15, 0.2) is 0 Å². The van der Waals surface area contributed by atoms with E-state index in [0.717, 1.165) is 56.3 Å². The van der Waals surface area contributed by atoms with Gasteiger partial charge in [0.25, 0.3) is 17.7 Å². The number of carbonyl (C=O) groups excluding carboxylic acids is 7. The number of aromatic carboxylic acids is 1. The lowest BCUT2D eigenvalue weighted by Gasteiger charge is -2.21. The summed E-state index contributed by atoms with van der Waals surface area (Å²) in [5.41, 5.74) is 5.36. The zero-order valence-electron chi connectivity index (χ0n) is 33.6. The van der Waals surface area contributed by atoms with Gasteiger partial charge in [-0.1, -0.05) is 24.3 Å². The highest BCUT2D eigenvalue weighted by Gasteiger charge is 2.28. The van der Waals surface area contributed by atoms with E-state index >= 15 is 0 Å². The summed E-state index contributed by atoms with van der Waals surface area (Å²) in [6.45, 7) is 8.70. The van der Waals surface area contributed by atoms with Crippen molar-refractivity contribution in [1.29, 1.82) is 0 Å². The Hall–Kier alpha value is -6.60. The number of benzene rings is 2. The Kier molecular flexibility index (Phi) is 14.1. The molecular formula is C41H44N6O11S2. The van der Waals surface area contributed by atoms with E-state index in [4.69, 9.17) is 14.6 Å². The smallest absolute Gasteiger partial charge is 0.407 e. The van der Waals surface area contributed by atoms with Crippen LogP contribution >= 0.6 is 22.7 Å². The highest BCUT2D eigenvalue weighted by atomic mass is 32.1. The number of alkyl carbamates (subject to hydrolysis) is 1. The van der Waals surface area contributed by atoms with Gasteiger partial charge < -0.3 is 46.5 Å². The van der Waals surface area contributed by atoms with E-state index in [2.05, 4.69) is 31.9 Å². The molecule has 0 aliphatic carbocycles. The molecular weight excluding hydrogens is 817 g/mol. The van der Waals surface area contributed by atoms with Crippen molar-refractivity contribution in [1.82, 2.24) is 21.3 Å². The number of esters is 1. The summed E-state index contributed by atoms with van der Waals surface area (Å²) in [5, 5.41) is 25.2. The number of nitrogens with one attached hydrogen (secondary N) is 6. The predicted octanol–water partition coefficient (Wildman–Crippen LogP) is 4.46. The van der Waals surface area contributed by atoms with E-state index in [-0.39, 0.29) is 59.4 Å². The Morgan fingerprint density at radius 1 is 0.750 bits per heavy atom. The lowest BCUT2D eigenvalue weighted by Crippen LogP contribution is -2.49. The van der Waals surface area contributed by atoms with Crippen LogP contribution in [0.4, 0.5) is 16.2 Å². The van der Waals surface area contributed by atoms with Crippen LogP contribution in [0.2, 0.25) is 0 Å². The Morgan fingerprint density at radius 2 is 1.23 bits per heavy atom. The summed E-state index contributed by atoms with van der Waals surface area (Å²) >= 11 is 1.93. The lowest BCUT2D eigenvalue weighted by atomic mass is 10.0. The number of carbonyl (C=O) groups is 8. The Morgan fingerprint density at radius 3 is 1.68 bits per heavy atom. The molecule has 1 atom stereocenters. The van der Waals surface area contributed by atoms with Crippen LogP contribution in [0.1, 0.15) is 92.8 Å². The van der Waals surface area contributed by atoms with Gasteiger partial charge in [-0.15, -0.1) is 22.7 Å². The first-order valence-corrected chi connectivity index (χ1v) is 20.1. The third-order valence-electron chi connectivity index (χ3n) is 8.97. The minimum atomic E-state index is -1.17. The van der Waals surface area contributed by atoms with E-state index in [0.29, 0.717) is 27.3 Å². The number of amides is 6. The van der Waals surface area contributed by atoms with E-state index < -0.39 is 35.6 Å². The monoisotopic (exact) mass is 860 g/mol. The van der Waals surface area contributed by atoms with Crippen molar-refractivity contribution < 1.29 is 52.9 Å². The quantitative estimate of drug-likeness (QED) is 0.0981. The van der Waals surface area contributed by atoms with Crippen molar-refractivity contribution in [3.05, 3.63) is 101 Å². The third kappa shape index (κ3) is 11.3. The zero-order chi connectivity index (χ0) is 43.9. The van der Waals surface area contributed by atoms with Crippen molar-refractivity contribution in [2.75, 3.05) is 24.3 Å². The fourth-order valence-electron chi connectivity index (χ4n) is 6.17. The van der Waals surface area contributed by atoms with Crippen LogP contribution in [0.3, 0.4) is 0 Å². The number of thiophene rings is 2. The normalized spacial score (nSPS) is 13.0. The standard InChI is InChI=1S/C25H30N4O7S.C16H14N2O4S/c1-13-9-18(21(31)26-11-14-7-6-8-16-15(14)10-19(30)28-16)37-20(13)22(32)29-17(23(33)35-5)12-27-24(34)36-25(2,3)4;1-8-5-12(23-14(8)16(21)22)15(20)17-7-9-3-2-4-11-10(9)6-13(19)18-11/h6-9,17H,10-12H2,1-5H3,(H,26,31)(H,27,34)(H,28,30)(H,29,32);2-5H,6-7H2,1H3,(H,17,20)(H,18,19)(H,21,22)/t17-;/m0./s1. The molecule has 2 aliphatic rings. The minimum Gasteiger partial charge on any atom is -0.477 e. The van der Waals surface area contributed by atoms with Crippen molar-refractivity contribution in [2.45, 2.75) is 72.2 Å². The summed E-state index contributed by atoms with van der Waals surface area (Å²) in [4.78, 5) is 97.3. The van der Waals surface area contributed by atoms with Gasteiger partial charge in [0.05, 0.1) is 41.1 Å². The number of ether oxygens (including phenoxy) is 2. The molecule has 2 aromatic heterocycles. The molecule has 0 saturated carbocycles. The predicted molar refractivity (Wildman–Crippen MR) is 222 cm³/mol. The van der Waals surface area contributed by atoms with Crippen molar-refractivity contribution in [2.24, 2.45) is 0 Å². The average Bonchev–Trinajstić information content (AvgIpc) is 3.97. The molecule has 4 aromatic rings. The molecule has 0 bridgehead atoms. The van der Waals surface area contributed by atoms with E-state index in [1.807, 2.05) is 30.3 Å². The molecule has 316 valence electrons. The molecule has 60 heavy (non-hydrogen) atoms. The van der Waals surface area contributed by atoms with Crippen LogP contribution in [0.15, 0.2) is 48.5 Å². The van der Waals surface area contributed by atoms with Gasteiger partial charge in [-0.2, -0.15) is 0 Å². The molecule has 17 nitrogen and oxygen atoms in total. The second kappa shape index (κ2) is 19.0. The average molecular weight is 861 g/mol. The summed E-state index contributed by atoms with van der Waals surface area (Å²) < 4.78 is 9.88. The van der Waals surface area contributed by atoms with Gasteiger partial charge in [-0.05, 0) is 92.3 Å². The fraction of sp³-hybridized carbons (Fsp3) is 0.317. The van der Waals surface area contributed by atoms with Crippen molar-refractivity contribution in [3.63, 3.8) is 0 Å². The molecule has 0 saturated heterocycles. The van der Waals surface area contributed by atoms with Crippen LogP contribution in [0.5, 0.6) is 0 Å². The highest BCUT2D eigenvalue weighted by molar-refractivity contribution is 7.16. The molecule has 0 unspecified atom stereocenters. The van der Waals surface area contributed by atoms with Gasteiger partial charge in [0, 0.05) is 24.5 Å². The molecule has 2 aliphatic heterocycles. The summed E-state index contributed by atoms with van der Waals surface area (Å²) in [6.07, 6.45) is -0.178. The van der Waals surface area contributed by atoms with Gasteiger partial charge in [0.1, 0.15) is 16.5 Å². The van der Waals surface area contributed by atoms with Gasteiger partial charge >= 0.3 is 18.0 Å². The van der Waals surface area contributed by atoms with Crippen LogP contribution < -0.4 is 31.9 Å². The van der Waals surface area contributed by atoms with E-state index in [1.165, 1.54) is 7.11 Å². The first-order valence-electron chi connectivity index (χ1n) is 18.5. The number of aryl methyl sites for hydroxylation is 2. The maximum Gasteiger partial charge on any atom is 0.407 e. The first kappa shape index (κ1) is 44.5. The number of anilines is 2. The summed E-state index contributed by atoms with van der Waals surface area (Å²) in [7, 11) is 1.17. The second-order valence-electron chi connectivity index (χ2n) is 14.7. The molecule has 6 rings (SSSR count). The van der Waals surface area contributed by atoms with Crippen LogP contribution in [-0.2, 0) is 49.8 Å². The first-order chi connectivity index (χ1) is 28.3. The van der Waals surface area contributed by atoms with Crippen LogP contribution in [0.25, 0.3) is 0 Å². The van der Waals surface area contributed by atoms with Crippen molar-refractivity contribution in [3.8, 4) is 0 Å². The summed E-state index contributed by atoms with van der Waals surface area (Å²) in [5.74, 6) is -3.22. The largest absolute Gasteiger partial charge is 0.477 e. The second-order valence-corrected chi connectivity index (χ2v) is 16.8. The molecule has 0 radical (unpaired) electrons. The van der Waals surface area contributed by atoms with Crippen molar-refractivity contribution >= 4 is 81.6 Å². The number of hydrogen-bond acceptors (Lipinski definition) is 12. The van der Waals surface area contributed by atoms with Crippen LogP contribution in [-0.4, -0.2) is 78.0 Å². The van der Waals surface area contributed by atoms with Gasteiger partial charge in [-0.25, -0.2) is 14.4 Å². The van der Waals surface area contributed by atoms with E-state index in [9.17, 15) is 38.4 Å².